The largest absolute Gasteiger partial charge is 0.363 e. The van der Waals surface area contributed by atoms with Crippen LogP contribution in [0.3, 0.4) is 0 Å². The van der Waals surface area contributed by atoms with Crippen LogP contribution in [0.25, 0.3) is 0 Å². The summed E-state index contributed by atoms with van der Waals surface area (Å²) in [7, 11) is 1.80. The summed E-state index contributed by atoms with van der Waals surface area (Å²) < 4.78 is 0.786. The normalized spacial score (nSPS) is 10.8. The minimum absolute atomic E-state index is 0.0255. The van der Waals surface area contributed by atoms with E-state index in [1.807, 2.05) is 19.1 Å². The van der Waals surface area contributed by atoms with Crippen LogP contribution in [0.1, 0.15) is 30.9 Å². The Morgan fingerprint density at radius 2 is 2.14 bits per heavy atom. The molecule has 0 spiro atoms. The van der Waals surface area contributed by atoms with Gasteiger partial charge in [-0.15, -0.1) is 10.2 Å². The highest BCUT2D eigenvalue weighted by molar-refractivity contribution is 8.01. The topological polar surface area (TPSA) is 66.9 Å². The number of nitrogens with zero attached hydrogens (tertiary/aromatic N) is 2. The number of hydrogen-bond donors (Lipinski definition) is 2. The first-order chi connectivity index (χ1) is 10.5. The van der Waals surface area contributed by atoms with Crippen molar-refractivity contribution in [2.75, 3.05) is 23.4 Å². The van der Waals surface area contributed by atoms with Gasteiger partial charge in [0.15, 0.2) is 4.34 Å². The molecule has 0 unspecified atom stereocenters. The lowest BCUT2D eigenvalue weighted by Gasteiger charge is -2.16. The Morgan fingerprint density at radius 1 is 1.36 bits per heavy atom. The van der Waals surface area contributed by atoms with Gasteiger partial charge in [-0.3, -0.25) is 4.79 Å². The minimum atomic E-state index is -0.0255. The maximum absolute atomic E-state index is 12.2. The fraction of sp³-hybridized carbons (Fsp3) is 0.400. The van der Waals surface area contributed by atoms with Gasteiger partial charge in [0.05, 0.1) is 5.75 Å². The monoisotopic (exact) mass is 336 g/mol. The fourth-order valence-electron chi connectivity index (χ4n) is 2.01. The molecule has 0 aliphatic carbocycles. The quantitative estimate of drug-likeness (QED) is 0.787. The highest BCUT2D eigenvalue weighted by Gasteiger charge is 2.13. The summed E-state index contributed by atoms with van der Waals surface area (Å²) >= 11 is 2.84. The Labute approximate surface area is 138 Å². The smallest absolute Gasteiger partial charge is 0.234 e. The molecular formula is C15H20N4OS2. The van der Waals surface area contributed by atoms with Crippen molar-refractivity contribution in [3.8, 4) is 0 Å². The average molecular weight is 336 g/mol. The standard InChI is InChI=1S/C15H20N4OS2/c1-9(2)11-7-5-6-10(3)13(11)17-12(20)8-21-15-19-18-14(16-4)22-15/h5-7,9H,8H2,1-4H3,(H,16,18)(H,17,20). The number of hydrogen-bond acceptors (Lipinski definition) is 6. The van der Waals surface area contributed by atoms with Crippen molar-refractivity contribution < 1.29 is 4.79 Å². The number of carbonyl (C=O) groups is 1. The molecule has 22 heavy (non-hydrogen) atoms. The summed E-state index contributed by atoms with van der Waals surface area (Å²) in [6, 6.07) is 6.10. The lowest BCUT2D eigenvalue weighted by molar-refractivity contribution is -0.113. The van der Waals surface area contributed by atoms with Crippen molar-refractivity contribution in [2.45, 2.75) is 31.0 Å². The van der Waals surface area contributed by atoms with Crippen LogP contribution in [0, 0.1) is 6.92 Å². The van der Waals surface area contributed by atoms with Crippen molar-refractivity contribution in [3.05, 3.63) is 29.3 Å². The van der Waals surface area contributed by atoms with Crippen molar-refractivity contribution in [2.24, 2.45) is 0 Å². The number of benzene rings is 1. The number of rotatable bonds is 6. The van der Waals surface area contributed by atoms with Crippen molar-refractivity contribution >= 4 is 39.8 Å². The molecule has 1 aromatic heterocycles. The van der Waals surface area contributed by atoms with Crippen LogP contribution in [0.4, 0.5) is 10.8 Å². The lowest BCUT2D eigenvalue weighted by Crippen LogP contribution is -2.16. The molecule has 118 valence electrons. The van der Waals surface area contributed by atoms with Gasteiger partial charge >= 0.3 is 0 Å². The molecule has 0 saturated heterocycles. The molecule has 0 radical (unpaired) electrons. The molecule has 1 heterocycles. The molecule has 0 atom stereocenters. The maximum atomic E-state index is 12.2. The summed E-state index contributed by atoms with van der Waals surface area (Å²) in [6.07, 6.45) is 0. The highest BCUT2D eigenvalue weighted by Crippen LogP contribution is 2.28. The van der Waals surface area contributed by atoms with E-state index in [4.69, 9.17) is 0 Å². The minimum Gasteiger partial charge on any atom is -0.363 e. The van der Waals surface area contributed by atoms with E-state index in [9.17, 15) is 4.79 Å². The van der Waals surface area contributed by atoms with Crippen LogP contribution in [0.15, 0.2) is 22.5 Å². The Bertz CT molecular complexity index is 655. The first kappa shape index (κ1) is 16.8. The number of aryl methyl sites for hydroxylation is 1. The molecule has 2 rings (SSSR count). The van der Waals surface area contributed by atoms with Gasteiger partial charge in [0, 0.05) is 12.7 Å². The van der Waals surface area contributed by atoms with Crippen molar-refractivity contribution in [3.63, 3.8) is 0 Å². The van der Waals surface area contributed by atoms with E-state index in [-0.39, 0.29) is 5.91 Å². The van der Waals surface area contributed by atoms with Crippen LogP contribution in [0.5, 0.6) is 0 Å². The molecule has 2 aromatic rings. The number of aromatic nitrogens is 2. The zero-order valence-corrected chi connectivity index (χ0v) is 14.8. The van der Waals surface area contributed by atoms with E-state index in [0.717, 1.165) is 26.3 Å². The van der Waals surface area contributed by atoms with Crippen LogP contribution in [0.2, 0.25) is 0 Å². The number of thioether (sulfide) groups is 1. The number of carbonyl (C=O) groups excluding carboxylic acids is 1. The summed E-state index contributed by atoms with van der Waals surface area (Å²) in [6.45, 7) is 6.26. The summed E-state index contributed by atoms with van der Waals surface area (Å²) in [5.74, 6) is 0.663. The zero-order chi connectivity index (χ0) is 16.1. The molecule has 1 aromatic carbocycles. The van der Waals surface area contributed by atoms with Gasteiger partial charge in [-0.2, -0.15) is 0 Å². The van der Waals surface area contributed by atoms with Crippen LogP contribution in [-0.2, 0) is 4.79 Å². The van der Waals surface area contributed by atoms with Gasteiger partial charge in [-0.05, 0) is 24.0 Å². The Hall–Kier alpha value is -1.60. The van der Waals surface area contributed by atoms with Crippen LogP contribution < -0.4 is 10.6 Å². The van der Waals surface area contributed by atoms with Gasteiger partial charge in [-0.1, -0.05) is 55.1 Å². The SMILES string of the molecule is CNc1nnc(SCC(=O)Nc2c(C)cccc2C(C)C)s1. The van der Waals surface area contributed by atoms with E-state index < -0.39 is 0 Å². The second kappa shape index (κ2) is 7.60. The number of nitrogens with one attached hydrogen (secondary N) is 2. The first-order valence-corrected chi connectivity index (χ1v) is 8.85. The molecule has 1 amide bonds. The Morgan fingerprint density at radius 3 is 2.77 bits per heavy atom. The Balaban J connectivity index is 2.00. The third-order valence-corrected chi connectivity index (χ3v) is 5.21. The number of amides is 1. The lowest BCUT2D eigenvalue weighted by atomic mass is 9.98. The second-order valence-electron chi connectivity index (χ2n) is 5.15. The van der Waals surface area contributed by atoms with Gasteiger partial charge in [0.25, 0.3) is 0 Å². The predicted octanol–water partition coefficient (Wildman–Crippen LogP) is 3.74. The molecule has 0 aliphatic heterocycles. The molecule has 0 aliphatic rings. The molecule has 0 bridgehead atoms. The number of anilines is 2. The van der Waals surface area contributed by atoms with E-state index in [1.54, 1.807) is 7.05 Å². The zero-order valence-electron chi connectivity index (χ0n) is 13.1. The maximum Gasteiger partial charge on any atom is 0.234 e. The average Bonchev–Trinajstić information content (AvgIpc) is 2.95. The molecule has 2 N–H and O–H groups in total. The first-order valence-electron chi connectivity index (χ1n) is 7.04. The van der Waals surface area contributed by atoms with E-state index in [1.165, 1.54) is 23.1 Å². The van der Waals surface area contributed by atoms with Crippen molar-refractivity contribution in [1.29, 1.82) is 0 Å². The Kier molecular flexibility index (Phi) is 5.79. The molecule has 7 heteroatoms. The predicted molar refractivity (Wildman–Crippen MR) is 94.1 cm³/mol. The van der Waals surface area contributed by atoms with Gasteiger partial charge in [-0.25, -0.2) is 0 Å². The van der Waals surface area contributed by atoms with Gasteiger partial charge in [0.1, 0.15) is 0 Å². The third-order valence-electron chi connectivity index (χ3n) is 3.14. The summed E-state index contributed by atoms with van der Waals surface area (Å²) in [5.41, 5.74) is 3.17. The summed E-state index contributed by atoms with van der Waals surface area (Å²) in [4.78, 5) is 12.2. The van der Waals surface area contributed by atoms with Crippen LogP contribution in [-0.4, -0.2) is 28.9 Å². The third kappa shape index (κ3) is 4.20. The van der Waals surface area contributed by atoms with E-state index in [0.29, 0.717) is 11.7 Å². The van der Waals surface area contributed by atoms with E-state index in [2.05, 4.69) is 40.7 Å². The fourth-order valence-corrected chi connectivity index (χ4v) is 3.52. The van der Waals surface area contributed by atoms with Gasteiger partial charge in [0.2, 0.25) is 11.0 Å². The van der Waals surface area contributed by atoms with E-state index >= 15 is 0 Å². The molecule has 5 nitrogen and oxygen atoms in total. The molecule has 0 saturated carbocycles. The second-order valence-corrected chi connectivity index (χ2v) is 7.35. The highest BCUT2D eigenvalue weighted by atomic mass is 32.2. The molecular weight excluding hydrogens is 316 g/mol. The van der Waals surface area contributed by atoms with Crippen molar-refractivity contribution in [1.82, 2.24) is 10.2 Å². The summed E-state index contributed by atoms with van der Waals surface area (Å²) in [5, 5.41) is 14.7. The van der Waals surface area contributed by atoms with Gasteiger partial charge < -0.3 is 10.6 Å². The van der Waals surface area contributed by atoms with Crippen LogP contribution >= 0.6 is 23.1 Å². The molecule has 0 fully saturated rings. The number of para-hydroxylation sites is 1.